The number of carbonyl (C=O) groups is 2. The number of nitro benzene ring substituents is 1. The van der Waals surface area contributed by atoms with Crippen molar-refractivity contribution in [2.24, 2.45) is 0 Å². The summed E-state index contributed by atoms with van der Waals surface area (Å²) in [6, 6.07) is 18.8. The third-order valence-corrected chi connectivity index (χ3v) is 4.46. The number of hydrogen-bond acceptors (Lipinski definition) is 5. The molecule has 0 saturated carbocycles. The van der Waals surface area contributed by atoms with Gasteiger partial charge in [-0.25, -0.2) is 0 Å². The van der Waals surface area contributed by atoms with Gasteiger partial charge in [-0.1, -0.05) is 42.5 Å². The molecular formula is C22H20N4O4. The van der Waals surface area contributed by atoms with Gasteiger partial charge in [-0.2, -0.15) is 0 Å². The monoisotopic (exact) mass is 404 g/mol. The zero-order valence-corrected chi connectivity index (χ0v) is 16.2. The first kappa shape index (κ1) is 20.7. The smallest absolute Gasteiger partial charge is 0.270 e. The van der Waals surface area contributed by atoms with Gasteiger partial charge < -0.3 is 10.6 Å². The Morgan fingerprint density at radius 3 is 2.37 bits per heavy atom. The molecule has 30 heavy (non-hydrogen) atoms. The van der Waals surface area contributed by atoms with Crippen LogP contribution in [0.2, 0.25) is 0 Å². The van der Waals surface area contributed by atoms with Gasteiger partial charge in [0.15, 0.2) is 0 Å². The lowest BCUT2D eigenvalue weighted by molar-refractivity contribution is -0.384. The molecule has 0 aliphatic heterocycles. The first-order valence-corrected chi connectivity index (χ1v) is 9.27. The number of amides is 2. The molecule has 2 amide bonds. The van der Waals surface area contributed by atoms with Crippen molar-refractivity contribution in [3.8, 4) is 0 Å². The molecule has 1 heterocycles. The number of nitrogens with zero attached hydrogens (tertiary/aromatic N) is 2. The van der Waals surface area contributed by atoms with Crippen LogP contribution in [-0.4, -0.2) is 27.8 Å². The van der Waals surface area contributed by atoms with Crippen LogP contribution in [0.25, 0.3) is 0 Å². The summed E-state index contributed by atoms with van der Waals surface area (Å²) in [6.07, 6.45) is 1.64. The summed E-state index contributed by atoms with van der Waals surface area (Å²) in [4.78, 5) is 39.9. The van der Waals surface area contributed by atoms with E-state index in [1.54, 1.807) is 19.2 Å². The van der Waals surface area contributed by atoms with Gasteiger partial charge in [0.05, 0.1) is 16.7 Å². The molecule has 2 aromatic carbocycles. The Morgan fingerprint density at radius 1 is 0.967 bits per heavy atom. The van der Waals surface area contributed by atoms with Crippen LogP contribution >= 0.6 is 0 Å². The van der Waals surface area contributed by atoms with Crippen LogP contribution in [0.1, 0.15) is 34.6 Å². The molecular weight excluding hydrogens is 384 g/mol. The highest BCUT2D eigenvalue weighted by Gasteiger charge is 2.23. The van der Waals surface area contributed by atoms with E-state index in [9.17, 15) is 19.7 Å². The summed E-state index contributed by atoms with van der Waals surface area (Å²) in [5.41, 5.74) is 1.42. The van der Waals surface area contributed by atoms with Gasteiger partial charge in [0.1, 0.15) is 6.04 Å². The fourth-order valence-electron chi connectivity index (χ4n) is 2.89. The maximum Gasteiger partial charge on any atom is 0.270 e. The number of rotatable bonds is 7. The quantitative estimate of drug-likeness (QED) is 0.464. The lowest BCUT2D eigenvalue weighted by Crippen LogP contribution is -2.46. The van der Waals surface area contributed by atoms with E-state index >= 15 is 0 Å². The molecule has 152 valence electrons. The van der Waals surface area contributed by atoms with Crippen molar-refractivity contribution in [2.45, 2.75) is 19.0 Å². The Morgan fingerprint density at radius 2 is 1.70 bits per heavy atom. The molecule has 0 aliphatic rings. The van der Waals surface area contributed by atoms with Gasteiger partial charge in [0, 0.05) is 23.9 Å². The van der Waals surface area contributed by atoms with E-state index in [-0.39, 0.29) is 11.3 Å². The topological polar surface area (TPSA) is 114 Å². The maximum atomic E-state index is 12.8. The predicted molar refractivity (Wildman–Crippen MR) is 111 cm³/mol. The number of non-ortho nitro benzene ring substituents is 1. The lowest BCUT2D eigenvalue weighted by Gasteiger charge is -2.22. The molecule has 0 bridgehead atoms. The van der Waals surface area contributed by atoms with Crippen LogP contribution in [0.15, 0.2) is 79.0 Å². The van der Waals surface area contributed by atoms with Crippen LogP contribution < -0.4 is 10.6 Å². The Bertz CT molecular complexity index is 1000. The van der Waals surface area contributed by atoms with Gasteiger partial charge in [0.2, 0.25) is 5.91 Å². The van der Waals surface area contributed by atoms with Gasteiger partial charge in [0.25, 0.3) is 11.6 Å². The minimum Gasteiger partial charge on any atom is -0.342 e. The van der Waals surface area contributed by atoms with Crippen molar-refractivity contribution in [3.05, 3.63) is 106 Å². The minimum absolute atomic E-state index is 0.105. The predicted octanol–water partition coefficient (Wildman–Crippen LogP) is 3.01. The van der Waals surface area contributed by atoms with Crippen LogP contribution in [0.5, 0.6) is 0 Å². The second-order valence-corrected chi connectivity index (χ2v) is 6.61. The molecule has 3 aromatic rings. The highest BCUT2D eigenvalue weighted by molar-refractivity contribution is 5.98. The Balaban J connectivity index is 1.73. The third-order valence-electron chi connectivity index (χ3n) is 4.46. The largest absolute Gasteiger partial charge is 0.342 e. The lowest BCUT2D eigenvalue weighted by atomic mass is 10.0. The molecule has 0 radical (unpaired) electrons. The van der Waals surface area contributed by atoms with Crippen molar-refractivity contribution in [1.82, 2.24) is 15.6 Å². The van der Waals surface area contributed by atoms with Crippen molar-refractivity contribution in [1.29, 1.82) is 0 Å². The van der Waals surface area contributed by atoms with Crippen molar-refractivity contribution in [3.63, 3.8) is 0 Å². The highest BCUT2D eigenvalue weighted by atomic mass is 16.6. The summed E-state index contributed by atoms with van der Waals surface area (Å²) < 4.78 is 0. The van der Waals surface area contributed by atoms with Crippen molar-refractivity contribution >= 4 is 17.5 Å². The van der Waals surface area contributed by atoms with Crippen LogP contribution in [-0.2, 0) is 4.79 Å². The average molecular weight is 404 g/mol. The second kappa shape index (κ2) is 9.42. The summed E-state index contributed by atoms with van der Waals surface area (Å²) in [6.45, 7) is 1.55. The van der Waals surface area contributed by atoms with Crippen molar-refractivity contribution in [2.75, 3.05) is 0 Å². The Kier molecular flexibility index (Phi) is 6.49. The number of aromatic nitrogens is 1. The zero-order valence-electron chi connectivity index (χ0n) is 16.2. The van der Waals surface area contributed by atoms with E-state index in [0.29, 0.717) is 5.69 Å². The van der Waals surface area contributed by atoms with E-state index in [1.807, 2.05) is 42.5 Å². The maximum absolute atomic E-state index is 12.8. The van der Waals surface area contributed by atoms with Crippen LogP contribution in [0.4, 0.5) is 5.69 Å². The summed E-state index contributed by atoms with van der Waals surface area (Å²) in [7, 11) is 0. The SMILES string of the molecule is CC(NC(=O)c1cccc([N+](=O)[O-])c1)C(=O)NC(c1ccccc1)c1ccccn1. The van der Waals surface area contributed by atoms with Gasteiger partial charge in [-0.15, -0.1) is 0 Å². The van der Waals surface area contributed by atoms with E-state index in [4.69, 9.17) is 0 Å². The van der Waals surface area contributed by atoms with E-state index in [1.165, 1.54) is 24.3 Å². The molecule has 0 saturated heterocycles. The normalized spacial score (nSPS) is 12.4. The number of benzene rings is 2. The molecule has 0 fully saturated rings. The molecule has 3 rings (SSSR count). The van der Waals surface area contributed by atoms with E-state index in [2.05, 4.69) is 15.6 Å². The first-order valence-electron chi connectivity index (χ1n) is 9.27. The van der Waals surface area contributed by atoms with Crippen LogP contribution in [0.3, 0.4) is 0 Å². The number of carbonyl (C=O) groups excluding carboxylic acids is 2. The fourth-order valence-corrected chi connectivity index (χ4v) is 2.89. The molecule has 2 N–H and O–H groups in total. The Labute approximate surface area is 173 Å². The number of hydrogen-bond donors (Lipinski definition) is 2. The van der Waals surface area contributed by atoms with Crippen LogP contribution in [0, 0.1) is 10.1 Å². The zero-order chi connectivity index (χ0) is 21.5. The summed E-state index contributed by atoms with van der Waals surface area (Å²) in [5.74, 6) is -0.983. The summed E-state index contributed by atoms with van der Waals surface area (Å²) in [5, 5.41) is 16.4. The van der Waals surface area contributed by atoms with E-state index in [0.717, 1.165) is 5.56 Å². The Hall–Kier alpha value is -4.07. The number of nitro groups is 1. The van der Waals surface area contributed by atoms with E-state index < -0.39 is 28.8 Å². The third kappa shape index (κ3) is 5.05. The minimum atomic E-state index is -0.869. The van der Waals surface area contributed by atoms with Gasteiger partial charge in [-0.05, 0) is 30.7 Å². The summed E-state index contributed by atoms with van der Waals surface area (Å²) >= 11 is 0. The molecule has 8 heteroatoms. The molecule has 0 aliphatic carbocycles. The second-order valence-electron chi connectivity index (χ2n) is 6.61. The van der Waals surface area contributed by atoms with Gasteiger partial charge >= 0.3 is 0 Å². The standard InChI is InChI=1S/C22H20N4O4/c1-15(24-22(28)17-10-7-11-18(14-17)26(29)30)21(27)25-20(16-8-3-2-4-9-16)19-12-5-6-13-23-19/h2-15,20H,1H3,(H,24,28)(H,25,27). The van der Waals surface area contributed by atoms with Gasteiger partial charge in [-0.3, -0.25) is 24.7 Å². The molecule has 2 unspecified atom stereocenters. The van der Waals surface area contributed by atoms with Crippen molar-refractivity contribution < 1.29 is 14.5 Å². The average Bonchev–Trinajstić information content (AvgIpc) is 2.78. The molecule has 0 spiro atoms. The number of nitrogens with one attached hydrogen (secondary N) is 2. The molecule has 8 nitrogen and oxygen atoms in total. The molecule has 2 atom stereocenters. The highest BCUT2D eigenvalue weighted by Crippen LogP contribution is 2.20. The molecule has 1 aromatic heterocycles. The fraction of sp³-hybridized carbons (Fsp3) is 0.136. The number of pyridine rings is 1. The first-order chi connectivity index (χ1) is 14.5.